The second-order valence-electron chi connectivity index (χ2n) is 17.1. The molecule has 1 aliphatic heterocycles. The van der Waals surface area contributed by atoms with Crippen molar-refractivity contribution in [2.24, 2.45) is 16.1 Å². The van der Waals surface area contributed by atoms with E-state index >= 15 is 0 Å². The first-order valence-corrected chi connectivity index (χ1v) is 22.6. The van der Waals surface area contributed by atoms with Gasteiger partial charge in [0.15, 0.2) is 11.7 Å². The van der Waals surface area contributed by atoms with Crippen molar-refractivity contribution in [1.82, 2.24) is 15.2 Å². The van der Waals surface area contributed by atoms with Crippen molar-refractivity contribution in [2.75, 3.05) is 25.1 Å². The van der Waals surface area contributed by atoms with Gasteiger partial charge in [0.25, 0.3) is 0 Å². The van der Waals surface area contributed by atoms with E-state index in [1.165, 1.54) is 18.3 Å². The van der Waals surface area contributed by atoms with E-state index in [4.69, 9.17) is 24.3 Å². The summed E-state index contributed by atoms with van der Waals surface area (Å²) < 4.78 is 11.5. The highest BCUT2D eigenvalue weighted by molar-refractivity contribution is 7.14. The number of carbonyl (C=O) groups is 3. The van der Waals surface area contributed by atoms with Crippen LogP contribution in [-0.2, 0) is 42.5 Å². The number of hydrogen-bond donors (Lipinski definition) is 3. The number of aliphatic carboxylic acids is 1. The molecule has 0 unspecified atom stereocenters. The number of nitrogens with zero attached hydrogens (tertiary/aromatic N) is 4. The number of thiazole rings is 1. The maximum absolute atomic E-state index is 12.4. The number of carbonyl (C=O) groups excluding carboxylic acids is 2. The average Bonchev–Trinajstić information content (AvgIpc) is 3.74. The van der Waals surface area contributed by atoms with Crippen LogP contribution in [0.15, 0.2) is 125 Å². The molecule has 4 aromatic carbocycles. The molecule has 1 aromatic heterocycles. The normalized spacial score (nSPS) is 16.9. The van der Waals surface area contributed by atoms with Gasteiger partial charge in [-0.2, -0.15) is 0 Å². The van der Waals surface area contributed by atoms with E-state index in [0.717, 1.165) is 59.9 Å². The zero-order valence-corrected chi connectivity index (χ0v) is 37.6. The van der Waals surface area contributed by atoms with Crippen LogP contribution >= 0.6 is 11.3 Å². The van der Waals surface area contributed by atoms with Gasteiger partial charge in [0, 0.05) is 31.8 Å². The largest absolute Gasteiger partial charge is 0.490 e. The summed E-state index contributed by atoms with van der Waals surface area (Å²) in [5.41, 5.74) is 3.74. The molecule has 3 N–H and O–H groups in total. The molecule has 0 saturated heterocycles. The van der Waals surface area contributed by atoms with Gasteiger partial charge in [-0.1, -0.05) is 102 Å². The average molecular weight is 885 g/mol. The van der Waals surface area contributed by atoms with Gasteiger partial charge in [0.2, 0.25) is 17.6 Å². The minimum atomic E-state index is -1.27. The highest BCUT2D eigenvalue weighted by atomic mass is 32.1. The number of hydrogen-bond acceptors (Lipinski definition) is 11. The molecular formula is C50H56N6O7S. The van der Waals surface area contributed by atoms with E-state index in [-0.39, 0.29) is 48.5 Å². The fourth-order valence-corrected chi connectivity index (χ4v) is 9.05. The molecule has 1 fully saturated rings. The maximum Gasteiger partial charge on any atom is 0.360 e. The number of aliphatic imine (C=N–C) groups is 1. The predicted octanol–water partition coefficient (Wildman–Crippen LogP) is 8.57. The smallest absolute Gasteiger partial charge is 0.360 e. The summed E-state index contributed by atoms with van der Waals surface area (Å²) in [7, 11) is 0. The molecule has 64 heavy (non-hydrogen) atoms. The third kappa shape index (κ3) is 11.7. The summed E-state index contributed by atoms with van der Waals surface area (Å²) in [5.74, 6) is -0.0790. The van der Waals surface area contributed by atoms with Crippen molar-refractivity contribution in [3.63, 3.8) is 0 Å². The fourth-order valence-electron chi connectivity index (χ4n) is 8.30. The number of ether oxygens (including phenoxy) is 2. The number of amides is 1. The van der Waals surface area contributed by atoms with Crippen molar-refractivity contribution >= 4 is 46.0 Å². The first-order valence-electron chi connectivity index (χ1n) is 21.8. The number of oxime groups is 1. The highest BCUT2D eigenvalue weighted by Gasteiger charge is 2.37. The minimum Gasteiger partial charge on any atom is -0.490 e. The Morgan fingerprint density at radius 2 is 1.47 bits per heavy atom. The zero-order valence-electron chi connectivity index (χ0n) is 36.8. The van der Waals surface area contributed by atoms with Crippen molar-refractivity contribution in [3.05, 3.63) is 148 Å². The van der Waals surface area contributed by atoms with Gasteiger partial charge in [-0.3, -0.25) is 14.9 Å². The van der Waals surface area contributed by atoms with Crippen molar-refractivity contribution in [1.29, 1.82) is 0 Å². The van der Waals surface area contributed by atoms with Crippen LogP contribution in [0.3, 0.4) is 0 Å². The lowest BCUT2D eigenvalue weighted by atomic mass is 9.77. The number of guanidine groups is 1. The summed E-state index contributed by atoms with van der Waals surface area (Å²) in [6.45, 7) is 8.54. The molecule has 5 aromatic rings. The van der Waals surface area contributed by atoms with Crippen LogP contribution < -0.4 is 15.4 Å². The second kappa shape index (κ2) is 20.8. The van der Waals surface area contributed by atoms with Gasteiger partial charge < -0.3 is 29.6 Å². The maximum atomic E-state index is 12.4. The number of fused-ring (bicyclic) bond motifs is 1. The molecule has 7 rings (SSSR count). The van der Waals surface area contributed by atoms with E-state index in [1.54, 1.807) is 5.38 Å². The molecule has 0 bridgehead atoms. The monoisotopic (exact) mass is 884 g/mol. The topological polar surface area (TPSA) is 164 Å². The van der Waals surface area contributed by atoms with E-state index in [0.29, 0.717) is 36.4 Å². The Hall–Kier alpha value is -6.54. The number of carboxylic acids is 1. The van der Waals surface area contributed by atoms with Crippen LogP contribution in [0.25, 0.3) is 0 Å². The SMILES string of the molecule is CC(=O)NC(=NC1CCC(CC(=O)OC(C)(C)C)CC1)N1CCc2cc(OCCO/N=C(\C(=O)O)c3csc(NC(c4ccccc4)(c4ccccc4)c4ccccc4)n3)ccc2C1. The third-order valence-corrected chi connectivity index (χ3v) is 12.0. The fraction of sp³-hybridized carbons (Fsp3) is 0.360. The van der Waals surface area contributed by atoms with Crippen LogP contribution in [0, 0.1) is 5.92 Å². The number of nitrogens with one attached hydrogen (secondary N) is 2. The molecule has 2 heterocycles. The minimum absolute atomic E-state index is 0.00940. The highest BCUT2D eigenvalue weighted by Crippen LogP contribution is 2.41. The molecular weight excluding hydrogens is 829 g/mol. The predicted molar refractivity (Wildman–Crippen MR) is 249 cm³/mol. The molecule has 1 amide bonds. The number of anilines is 1. The molecule has 1 saturated carbocycles. The summed E-state index contributed by atoms with van der Waals surface area (Å²) in [6.07, 6.45) is 4.61. The van der Waals surface area contributed by atoms with Crippen LogP contribution in [-0.4, -0.2) is 75.9 Å². The Morgan fingerprint density at radius 3 is 2.05 bits per heavy atom. The molecule has 2 aliphatic rings. The molecule has 0 radical (unpaired) electrons. The Kier molecular flexibility index (Phi) is 14.8. The van der Waals surface area contributed by atoms with Gasteiger partial charge >= 0.3 is 11.9 Å². The Morgan fingerprint density at radius 1 is 0.844 bits per heavy atom. The van der Waals surface area contributed by atoms with E-state index in [1.807, 2.05) is 93.6 Å². The van der Waals surface area contributed by atoms with Crippen molar-refractivity contribution < 1.29 is 33.8 Å². The van der Waals surface area contributed by atoms with Crippen LogP contribution in [0.5, 0.6) is 5.75 Å². The van der Waals surface area contributed by atoms with Gasteiger partial charge in [-0.15, -0.1) is 11.3 Å². The Bertz CT molecular complexity index is 2330. The summed E-state index contributed by atoms with van der Waals surface area (Å²) in [4.78, 5) is 54.4. The number of carboxylic acid groups (broad SMARTS) is 1. The lowest BCUT2D eigenvalue weighted by molar-refractivity contribution is -0.156. The quantitative estimate of drug-likeness (QED) is 0.0232. The van der Waals surface area contributed by atoms with E-state index < -0.39 is 17.1 Å². The first kappa shape index (κ1) is 45.5. The summed E-state index contributed by atoms with van der Waals surface area (Å²) in [6, 6.07) is 36.2. The number of rotatable bonds is 15. The van der Waals surface area contributed by atoms with E-state index in [9.17, 15) is 19.5 Å². The van der Waals surface area contributed by atoms with Crippen molar-refractivity contribution in [2.45, 2.75) is 89.9 Å². The van der Waals surface area contributed by atoms with Crippen LogP contribution in [0.1, 0.15) is 93.3 Å². The van der Waals surface area contributed by atoms with Gasteiger partial charge in [-0.25, -0.2) is 14.8 Å². The lowest BCUT2D eigenvalue weighted by Crippen LogP contribution is -2.46. The number of aromatic nitrogens is 1. The zero-order chi connectivity index (χ0) is 45.1. The van der Waals surface area contributed by atoms with Crippen molar-refractivity contribution in [3.8, 4) is 5.75 Å². The molecule has 14 heteroatoms. The third-order valence-electron chi connectivity index (χ3n) is 11.2. The number of benzene rings is 4. The first-order chi connectivity index (χ1) is 30.9. The Balaban J connectivity index is 0.951. The van der Waals surface area contributed by atoms with Crippen LogP contribution in [0.2, 0.25) is 0 Å². The van der Waals surface area contributed by atoms with Gasteiger partial charge in [-0.05, 0) is 98.7 Å². The van der Waals surface area contributed by atoms with Gasteiger partial charge in [0.05, 0.1) is 6.04 Å². The molecule has 1 aliphatic carbocycles. The molecule has 0 atom stereocenters. The van der Waals surface area contributed by atoms with Gasteiger partial charge in [0.1, 0.15) is 29.2 Å². The molecule has 13 nitrogen and oxygen atoms in total. The second-order valence-corrected chi connectivity index (χ2v) is 18.0. The molecule has 0 spiro atoms. The summed E-state index contributed by atoms with van der Waals surface area (Å²) >= 11 is 1.29. The number of esters is 1. The van der Waals surface area contributed by atoms with Crippen LogP contribution in [0.4, 0.5) is 5.13 Å². The van der Waals surface area contributed by atoms with E-state index in [2.05, 4.69) is 57.1 Å². The Labute approximate surface area is 378 Å². The standard InChI is InChI=1S/C50H56N6O7S/c1-34(57)51-47(52-41-23-20-35(21-24-41)30-44(58)63-49(2,3)4)56-27-26-36-31-42(25-22-37(36)32-56)61-28-29-62-55-45(46(59)60)43-33-64-48(53-43)54-50(38-14-8-5-9-15-38,39-16-10-6-11-17-39)40-18-12-7-13-19-40/h5-19,22,25,31,33,35,41H,20-21,23-24,26-30,32H2,1-4H3,(H,53,54)(H,59,60)(H,51,52,57)/b55-45-. The summed E-state index contributed by atoms with van der Waals surface area (Å²) in [5, 5.41) is 22.9. The lowest BCUT2D eigenvalue weighted by Gasteiger charge is -2.36. The molecule has 334 valence electrons.